The van der Waals surface area contributed by atoms with Crippen molar-refractivity contribution in [3.8, 4) is 0 Å². The number of nitrogens with zero attached hydrogens (tertiary/aromatic N) is 2. The Morgan fingerprint density at radius 3 is 2.47 bits per heavy atom. The minimum atomic E-state index is -0.0391. The molecular weight excluding hydrogens is 238 g/mol. The zero-order valence-electron chi connectivity index (χ0n) is 12.7. The lowest BCUT2D eigenvalue weighted by Crippen LogP contribution is -2.26. The van der Waals surface area contributed by atoms with E-state index in [1.807, 2.05) is 0 Å². The summed E-state index contributed by atoms with van der Waals surface area (Å²) >= 11 is 0. The summed E-state index contributed by atoms with van der Waals surface area (Å²) in [6.45, 7) is 8.54. The average molecular weight is 265 g/mol. The van der Waals surface area contributed by atoms with Gasteiger partial charge in [0.15, 0.2) is 5.82 Å². The highest BCUT2D eigenvalue weighted by Gasteiger charge is 2.26. The van der Waals surface area contributed by atoms with E-state index < -0.39 is 0 Å². The van der Waals surface area contributed by atoms with Crippen LogP contribution in [-0.2, 0) is 0 Å². The van der Waals surface area contributed by atoms with Crippen molar-refractivity contribution in [1.82, 2.24) is 10.1 Å². The van der Waals surface area contributed by atoms with Crippen LogP contribution in [0.25, 0.3) is 0 Å². The molecule has 1 N–H and O–H groups in total. The SMILES string of the molecule is CCCC1CCC(c2noc(NC(C)(C)C)n2)CC1. The molecule has 1 aliphatic rings. The zero-order valence-corrected chi connectivity index (χ0v) is 12.7. The van der Waals surface area contributed by atoms with E-state index in [0.717, 1.165) is 11.7 Å². The Balaban J connectivity index is 1.90. The van der Waals surface area contributed by atoms with Gasteiger partial charge in [0, 0.05) is 11.5 Å². The lowest BCUT2D eigenvalue weighted by molar-refractivity contribution is 0.296. The Morgan fingerprint density at radius 2 is 1.89 bits per heavy atom. The van der Waals surface area contributed by atoms with Gasteiger partial charge in [0.05, 0.1) is 0 Å². The van der Waals surface area contributed by atoms with Gasteiger partial charge in [-0.15, -0.1) is 0 Å². The number of aromatic nitrogens is 2. The molecule has 0 saturated heterocycles. The van der Waals surface area contributed by atoms with Crippen LogP contribution in [0, 0.1) is 5.92 Å². The van der Waals surface area contributed by atoms with Gasteiger partial charge in [-0.25, -0.2) is 0 Å². The predicted octanol–water partition coefficient (Wildman–Crippen LogP) is 4.35. The molecule has 108 valence electrons. The fourth-order valence-electron chi connectivity index (χ4n) is 2.89. The van der Waals surface area contributed by atoms with E-state index in [-0.39, 0.29) is 5.54 Å². The molecule has 0 unspecified atom stereocenters. The summed E-state index contributed by atoms with van der Waals surface area (Å²) in [4.78, 5) is 4.50. The summed E-state index contributed by atoms with van der Waals surface area (Å²) in [6, 6.07) is 0.554. The summed E-state index contributed by atoms with van der Waals surface area (Å²) < 4.78 is 5.30. The van der Waals surface area contributed by atoms with Crippen molar-refractivity contribution in [2.75, 3.05) is 5.32 Å². The van der Waals surface area contributed by atoms with Crippen molar-refractivity contribution in [2.45, 2.75) is 77.7 Å². The Kier molecular flexibility index (Phi) is 4.48. The van der Waals surface area contributed by atoms with Gasteiger partial charge in [-0.3, -0.25) is 0 Å². The second kappa shape index (κ2) is 5.93. The highest BCUT2D eigenvalue weighted by molar-refractivity contribution is 5.23. The molecule has 0 spiro atoms. The van der Waals surface area contributed by atoms with Crippen LogP contribution in [-0.4, -0.2) is 15.7 Å². The van der Waals surface area contributed by atoms with Gasteiger partial charge >= 0.3 is 6.01 Å². The van der Waals surface area contributed by atoms with E-state index >= 15 is 0 Å². The molecule has 0 bridgehead atoms. The van der Waals surface area contributed by atoms with E-state index in [1.165, 1.54) is 38.5 Å². The van der Waals surface area contributed by atoms with E-state index in [2.05, 4.69) is 43.2 Å². The number of nitrogens with one attached hydrogen (secondary N) is 1. The van der Waals surface area contributed by atoms with Crippen molar-refractivity contribution < 1.29 is 4.52 Å². The van der Waals surface area contributed by atoms with Crippen molar-refractivity contribution in [3.63, 3.8) is 0 Å². The molecule has 0 atom stereocenters. The molecule has 19 heavy (non-hydrogen) atoms. The maximum Gasteiger partial charge on any atom is 0.321 e. The first-order valence-electron chi connectivity index (χ1n) is 7.59. The fourth-order valence-corrected chi connectivity index (χ4v) is 2.89. The van der Waals surface area contributed by atoms with Gasteiger partial charge in [0.1, 0.15) is 0 Å². The molecule has 0 aromatic carbocycles. The van der Waals surface area contributed by atoms with Crippen molar-refractivity contribution in [3.05, 3.63) is 5.82 Å². The van der Waals surface area contributed by atoms with E-state index in [1.54, 1.807) is 0 Å². The highest BCUT2D eigenvalue weighted by atomic mass is 16.5. The zero-order chi connectivity index (χ0) is 13.9. The first-order valence-corrected chi connectivity index (χ1v) is 7.59. The molecule has 1 aromatic heterocycles. The van der Waals surface area contributed by atoms with Crippen LogP contribution in [0.2, 0.25) is 0 Å². The molecule has 4 heteroatoms. The van der Waals surface area contributed by atoms with Crippen LogP contribution >= 0.6 is 0 Å². The van der Waals surface area contributed by atoms with Crippen LogP contribution in [0.1, 0.15) is 78.0 Å². The molecule has 1 aromatic rings. The Morgan fingerprint density at radius 1 is 1.21 bits per heavy atom. The normalized spacial score (nSPS) is 24.4. The van der Waals surface area contributed by atoms with Crippen molar-refractivity contribution in [1.29, 1.82) is 0 Å². The lowest BCUT2D eigenvalue weighted by Gasteiger charge is -2.26. The van der Waals surface area contributed by atoms with Crippen LogP contribution < -0.4 is 5.32 Å². The highest BCUT2D eigenvalue weighted by Crippen LogP contribution is 2.36. The molecular formula is C15H27N3O. The van der Waals surface area contributed by atoms with Gasteiger partial charge in [0.25, 0.3) is 0 Å². The molecule has 1 aliphatic carbocycles. The van der Waals surface area contributed by atoms with E-state index in [9.17, 15) is 0 Å². The smallest absolute Gasteiger partial charge is 0.321 e. The maximum atomic E-state index is 5.30. The first-order chi connectivity index (χ1) is 8.98. The largest absolute Gasteiger partial charge is 0.333 e. The topological polar surface area (TPSA) is 51.0 Å². The molecule has 0 aliphatic heterocycles. The summed E-state index contributed by atoms with van der Waals surface area (Å²) in [5.41, 5.74) is -0.0391. The fraction of sp³-hybridized carbons (Fsp3) is 0.867. The third-order valence-electron chi connectivity index (χ3n) is 3.83. The second-order valence-electron chi connectivity index (χ2n) is 6.84. The van der Waals surface area contributed by atoms with Crippen LogP contribution in [0.3, 0.4) is 0 Å². The Bertz CT molecular complexity index is 386. The van der Waals surface area contributed by atoms with Gasteiger partial charge < -0.3 is 9.84 Å². The summed E-state index contributed by atoms with van der Waals surface area (Å²) in [5.74, 6) is 2.30. The molecule has 1 fully saturated rings. The van der Waals surface area contributed by atoms with Crippen LogP contribution in [0.5, 0.6) is 0 Å². The van der Waals surface area contributed by atoms with Gasteiger partial charge in [-0.2, -0.15) is 4.98 Å². The molecule has 4 nitrogen and oxygen atoms in total. The Hall–Kier alpha value is -1.06. The molecule has 2 rings (SSSR count). The van der Waals surface area contributed by atoms with Crippen molar-refractivity contribution >= 4 is 6.01 Å². The summed E-state index contributed by atoms with van der Waals surface area (Å²) in [7, 11) is 0. The quantitative estimate of drug-likeness (QED) is 0.879. The van der Waals surface area contributed by atoms with Crippen LogP contribution in [0.4, 0.5) is 6.01 Å². The summed E-state index contributed by atoms with van der Waals surface area (Å²) in [6.07, 6.45) is 7.72. The minimum Gasteiger partial charge on any atom is -0.333 e. The van der Waals surface area contributed by atoms with E-state index in [4.69, 9.17) is 4.52 Å². The van der Waals surface area contributed by atoms with Gasteiger partial charge in [0.2, 0.25) is 0 Å². The third kappa shape index (κ3) is 4.22. The molecule has 1 saturated carbocycles. The molecule has 0 amide bonds. The average Bonchev–Trinajstić information content (AvgIpc) is 2.76. The summed E-state index contributed by atoms with van der Waals surface area (Å²) in [5, 5.41) is 7.38. The lowest BCUT2D eigenvalue weighted by atomic mass is 9.80. The Labute approximate surface area is 116 Å². The molecule has 1 heterocycles. The monoisotopic (exact) mass is 265 g/mol. The number of rotatable bonds is 4. The molecule has 0 radical (unpaired) electrons. The minimum absolute atomic E-state index is 0.0391. The van der Waals surface area contributed by atoms with E-state index in [0.29, 0.717) is 11.9 Å². The predicted molar refractivity (Wildman–Crippen MR) is 77.3 cm³/mol. The number of hydrogen-bond acceptors (Lipinski definition) is 4. The maximum absolute atomic E-state index is 5.30. The first kappa shape index (κ1) is 14.4. The van der Waals surface area contributed by atoms with Crippen LogP contribution in [0.15, 0.2) is 4.52 Å². The second-order valence-corrected chi connectivity index (χ2v) is 6.84. The number of anilines is 1. The standard InChI is InChI=1S/C15H27N3O/c1-5-6-11-7-9-12(10-8-11)13-16-14(19-18-13)17-15(2,3)4/h11-12H,5-10H2,1-4H3,(H,16,17,18). The van der Waals surface area contributed by atoms with Crippen molar-refractivity contribution in [2.24, 2.45) is 5.92 Å². The third-order valence-corrected chi connectivity index (χ3v) is 3.83. The number of hydrogen-bond donors (Lipinski definition) is 1. The van der Waals surface area contributed by atoms with Gasteiger partial charge in [-0.1, -0.05) is 24.9 Å². The van der Waals surface area contributed by atoms with Gasteiger partial charge in [-0.05, 0) is 52.4 Å².